The third kappa shape index (κ3) is 3.31. The number of aromatic nitrogens is 2. The molecule has 0 radical (unpaired) electrons. The van der Waals surface area contributed by atoms with E-state index in [0.717, 1.165) is 50.3 Å². The Bertz CT molecular complexity index is 988. The number of amides is 1. The Morgan fingerprint density at radius 2 is 1.76 bits per heavy atom. The first kappa shape index (κ1) is 18.6. The van der Waals surface area contributed by atoms with Gasteiger partial charge in [-0.2, -0.15) is 0 Å². The molecule has 1 aliphatic carbocycles. The zero-order valence-corrected chi connectivity index (χ0v) is 17.3. The minimum Gasteiger partial charge on any atom is -0.369 e. The van der Waals surface area contributed by atoms with E-state index in [-0.39, 0.29) is 17.6 Å². The summed E-state index contributed by atoms with van der Waals surface area (Å²) in [6, 6.07) is 6.65. The SMILES string of the molecule is CC(C)n1cnc2cc(N3CCN(C4CCN(C5CC5)C4=O)CC3)ccc2c1=O. The molecular formula is C22H29N5O2. The average Bonchev–Trinajstić information content (AvgIpc) is 3.49. The van der Waals surface area contributed by atoms with Crippen LogP contribution in [-0.2, 0) is 4.79 Å². The smallest absolute Gasteiger partial charge is 0.261 e. The minimum absolute atomic E-state index is 0.0151. The van der Waals surface area contributed by atoms with E-state index in [9.17, 15) is 9.59 Å². The lowest BCUT2D eigenvalue weighted by molar-refractivity contribution is -0.132. The number of likely N-dealkylation sites (tertiary alicyclic amines) is 1. The van der Waals surface area contributed by atoms with Gasteiger partial charge in [0.05, 0.1) is 23.3 Å². The van der Waals surface area contributed by atoms with E-state index in [1.165, 1.54) is 12.8 Å². The standard InChI is InChI=1S/C22H29N5O2/c1-15(2)27-14-23-19-13-17(5-6-18(19)21(27)28)24-9-11-25(12-10-24)20-7-8-26(22(20)29)16-3-4-16/h5-6,13-16,20H,3-4,7-12H2,1-2H3. The first-order chi connectivity index (χ1) is 14.0. The molecule has 2 saturated heterocycles. The van der Waals surface area contributed by atoms with Gasteiger partial charge in [-0.1, -0.05) is 0 Å². The molecule has 1 amide bonds. The summed E-state index contributed by atoms with van der Waals surface area (Å²) in [6.07, 6.45) is 4.99. The fourth-order valence-electron chi connectivity index (χ4n) is 4.75. The van der Waals surface area contributed by atoms with Gasteiger partial charge in [0.1, 0.15) is 0 Å². The first-order valence-corrected chi connectivity index (χ1v) is 10.8. The van der Waals surface area contributed by atoms with Crippen molar-refractivity contribution in [1.82, 2.24) is 19.4 Å². The second-order valence-electron chi connectivity index (χ2n) is 8.84. The number of hydrogen-bond acceptors (Lipinski definition) is 5. The molecule has 3 heterocycles. The number of rotatable bonds is 4. The van der Waals surface area contributed by atoms with Gasteiger partial charge in [-0.25, -0.2) is 4.98 Å². The second kappa shape index (κ2) is 7.13. The summed E-state index contributed by atoms with van der Waals surface area (Å²) in [5, 5.41) is 0.667. The van der Waals surface area contributed by atoms with Crippen LogP contribution in [0.25, 0.3) is 10.9 Å². The van der Waals surface area contributed by atoms with E-state index in [2.05, 4.69) is 19.7 Å². The van der Waals surface area contributed by atoms with Crippen LogP contribution >= 0.6 is 0 Å². The van der Waals surface area contributed by atoms with Gasteiger partial charge in [0, 0.05) is 50.5 Å². The predicted molar refractivity (Wildman–Crippen MR) is 113 cm³/mol. The van der Waals surface area contributed by atoms with Gasteiger partial charge in [-0.3, -0.25) is 19.1 Å². The molecule has 1 unspecified atom stereocenters. The average molecular weight is 396 g/mol. The number of carbonyl (C=O) groups is 1. The highest BCUT2D eigenvalue weighted by molar-refractivity contribution is 5.84. The lowest BCUT2D eigenvalue weighted by Crippen LogP contribution is -2.52. The topological polar surface area (TPSA) is 61.7 Å². The number of anilines is 1. The fraction of sp³-hybridized carbons (Fsp3) is 0.591. The molecule has 2 aromatic rings. The Kier molecular flexibility index (Phi) is 4.57. The van der Waals surface area contributed by atoms with E-state index < -0.39 is 0 Å². The van der Waals surface area contributed by atoms with Crippen LogP contribution in [0.3, 0.4) is 0 Å². The second-order valence-corrected chi connectivity index (χ2v) is 8.84. The molecule has 7 heteroatoms. The number of hydrogen-bond donors (Lipinski definition) is 0. The van der Waals surface area contributed by atoms with Gasteiger partial charge in [0.25, 0.3) is 5.56 Å². The van der Waals surface area contributed by atoms with Gasteiger partial charge < -0.3 is 9.80 Å². The van der Waals surface area contributed by atoms with Gasteiger partial charge >= 0.3 is 0 Å². The maximum Gasteiger partial charge on any atom is 0.261 e. The van der Waals surface area contributed by atoms with Crippen molar-refractivity contribution in [2.24, 2.45) is 0 Å². The molecule has 29 heavy (non-hydrogen) atoms. The summed E-state index contributed by atoms with van der Waals surface area (Å²) in [4.78, 5) is 36.7. The van der Waals surface area contributed by atoms with Crippen molar-refractivity contribution in [3.8, 4) is 0 Å². The highest BCUT2D eigenvalue weighted by Crippen LogP contribution is 2.32. The van der Waals surface area contributed by atoms with Crippen LogP contribution in [0, 0.1) is 0 Å². The summed E-state index contributed by atoms with van der Waals surface area (Å²) < 4.78 is 1.67. The Morgan fingerprint density at radius 1 is 1.00 bits per heavy atom. The molecule has 1 aromatic heterocycles. The highest BCUT2D eigenvalue weighted by Gasteiger charge is 2.43. The van der Waals surface area contributed by atoms with Crippen molar-refractivity contribution < 1.29 is 4.79 Å². The summed E-state index contributed by atoms with van der Waals surface area (Å²) in [5.41, 5.74) is 1.86. The number of fused-ring (bicyclic) bond motifs is 1. The lowest BCUT2D eigenvalue weighted by Gasteiger charge is -2.38. The Balaban J connectivity index is 1.28. The third-order valence-electron chi connectivity index (χ3n) is 6.64. The summed E-state index contributed by atoms with van der Waals surface area (Å²) in [6.45, 7) is 8.48. The summed E-state index contributed by atoms with van der Waals surface area (Å²) in [5.74, 6) is 0.345. The number of carbonyl (C=O) groups excluding carboxylic acids is 1. The van der Waals surface area contributed by atoms with Crippen LogP contribution in [0.1, 0.15) is 39.2 Å². The molecule has 1 atom stereocenters. The van der Waals surface area contributed by atoms with Crippen molar-refractivity contribution in [2.75, 3.05) is 37.6 Å². The molecule has 154 valence electrons. The normalized spacial score (nSPS) is 23.6. The molecule has 0 N–H and O–H groups in total. The molecule has 1 saturated carbocycles. The maximum absolute atomic E-state index is 12.7. The summed E-state index contributed by atoms with van der Waals surface area (Å²) in [7, 11) is 0. The third-order valence-corrected chi connectivity index (χ3v) is 6.64. The molecule has 3 fully saturated rings. The van der Waals surface area contributed by atoms with Gasteiger partial charge in [-0.15, -0.1) is 0 Å². The summed E-state index contributed by atoms with van der Waals surface area (Å²) >= 11 is 0. The Hall–Kier alpha value is -2.41. The molecule has 1 aromatic carbocycles. The van der Waals surface area contributed by atoms with Gasteiger partial charge in [0.2, 0.25) is 5.91 Å². The quantitative estimate of drug-likeness (QED) is 0.791. The molecule has 5 rings (SSSR count). The van der Waals surface area contributed by atoms with Gasteiger partial charge in [0.15, 0.2) is 0 Å². The highest BCUT2D eigenvalue weighted by atomic mass is 16.2. The number of benzene rings is 1. The van der Waals surface area contributed by atoms with Crippen LogP contribution in [0.5, 0.6) is 0 Å². The molecule has 0 bridgehead atoms. The number of piperazine rings is 1. The van der Waals surface area contributed by atoms with E-state index >= 15 is 0 Å². The Labute approximate surface area is 170 Å². The van der Waals surface area contributed by atoms with E-state index in [4.69, 9.17) is 0 Å². The van der Waals surface area contributed by atoms with Crippen LogP contribution in [0.15, 0.2) is 29.3 Å². The maximum atomic E-state index is 12.7. The first-order valence-electron chi connectivity index (χ1n) is 10.8. The van der Waals surface area contributed by atoms with Crippen molar-refractivity contribution in [3.63, 3.8) is 0 Å². The van der Waals surface area contributed by atoms with Crippen LogP contribution in [-0.4, -0.2) is 70.1 Å². The van der Waals surface area contributed by atoms with Crippen molar-refractivity contribution in [3.05, 3.63) is 34.9 Å². The predicted octanol–water partition coefficient (Wildman–Crippen LogP) is 1.86. The monoisotopic (exact) mass is 395 g/mol. The van der Waals surface area contributed by atoms with Gasteiger partial charge in [-0.05, 0) is 51.3 Å². The largest absolute Gasteiger partial charge is 0.369 e. The van der Waals surface area contributed by atoms with Crippen LogP contribution in [0.4, 0.5) is 5.69 Å². The molecule has 3 aliphatic rings. The van der Waals surface area contributed by atoms with Crippen LogP contribution in [0.2, 0.25) is 0 Å². The zero-order valence-electron chi connectivity index (χ0n) is 17.3. The molecular weight excluding hydrogens is 366 g/mol. The van der Waals surface area contributed by atoms with Crippen LogP contribution < -0.4 is 10.5 Å². The fourth-order valence-corrected chi connectivity index (χ4v) is 4.75. The van der Waals surface area contributed by atoms with Crippen molar-refractivity contribution in [1.29, 1.82) is 0 Å². The van der Waals surface area contributed by atoms with Crippen molar-refractivity contribution in [2.45, 2.75) is 51.2 Å². The van der Waals surface area contributed by atoms with E-state index in [1.807, 2.05) is 32.0 Å². The molecule has 7 nitrogen and oxygen atoms in total. The minimum atomic E-state index is 0.0151. The van der Waals surface area contributed by atoms with E-state index in [0.29, 0.717) is 17.3 Å². The zero-order chi connectivity index (χ0) is 20.1. The molecule has 0 spiro atoms. The number of nitrogens with zero attached hydrogens (tertiary/aromatic N) is 5. The van der Waals surface area contributed by atoms with E-state index in [1.54, 1.807) is 10.9 Å². The lowest BCUT2D eigenvalue weighted by atomic mass is 10.1. The van der Waals surface area contributed by atoms with Crippen molar-refractivity contribution >= 4 is 22.5 Å². The Morgan fingerprint density at radius 3 is 2.45 bits per heavy atom. The molecule has 2 aliphatic heterocycles.